The summed E-state index contributed by atoms with van der Waals surface area (Å²) >= 11 is 0. The molecule has 4 aromatic rings. The molecule has 0 radical (unpaired) electrons. The highest BCUT2D eigenvalue weighted by molar-refractivity contribution is 5.78. The normalized spacial score (nSPS) is 10.7. The fourth-order valence-electron chi connectivity index (χ4n) is 3.55. The molecule has 1 aromatic heterocycles. The van der Waals surface area contributed by atoms with Crippen molar-refractivity contribution in [3.05, 3.63) is 95.2 Å². The number of fused-ring (bicyclic) bond motifs is 1. The summed E-state index contributed by atoms with van der Waals surface area (Å²) in [5.41, 5.74) is 4.42. The number of rotatable bonds is 9. The number of hydrogen-bond donors (Lipinski definition) is 1. The number of nitrogens with zero attached hydrogens (tertiary/aromatic N) is 1. The average molecular weight is 443 g/mol. The van der Waals surface area contributed by atoms with Crippen LogP contribution in [0.25, 0.3) is 10.9 Å². The van der Waals surface area contributed by atoms with Gasteiger partial charge in [-0.1, -0.05) is 42.5 Å². The number of aromatic nitrogens is 1. The summed E-state index contributed by atoms with van der Waals surface area (Å²) in [6.45, 7) is 4.04. The molecule has 0 spiro atoms. The zero-order chi connectivity index (χ0) is 23.2. The van der Waals surface area contributed by atoms with Crippen LogP contribution in [0.2, 0.25) is 0 Å². The van der Waals surface area contributed by atoms with Crippen LogP contribution in [0.5, 0.6) is 17.2 Å². The van der Waals surface area contributed by atoms with Gasteiger partial charge in [0.15, 0.2) is 6.61 Å². The largest absolute Gasteiger partial charge is 0.489 e. The quantitative estimate of drug-likeness (QED) is 0.369. The van der Waals surface area contributed by atoms with Crippen molar-refractivity contribution in [2.24, 2.45) is 0 Å². The van der Waals surface area contributed by atoms with Gasteiger partial charge in [0.25, 0.3) is 0 Å². The Labute approximate surface area is 192 Å². The van der Waals surface area contributed by atoms with E-state index in [4.69, 9.17) is 19.3 Å². The van der Waals surface area contributed by atoms with Crippen molar-refractivity contribution in [2.75, 3.05) is 6.61 Å². The number of para-hydroxylation sites is 2. The number of benzene rings is 3. The van der Waals surface area contributed by atoms with Gasteiger partial charge in [-0.05, 0) is 49.2 Å². The second kappa shape index (κ2) is 10.0. The van der Waals surface area contributed by atoms with Crippen molar-refractivity contribution in [1.82, 2.24) is 4.98 Å². The van der Waals surface area contributed by atoms with E-state index in [2.05, 4.69) is 4.98 Å². The van der Waals surface area contributed by atoms with Gasteiger partial charge in [-0.3, -0.25) is 0 Å². The fraction of sp³-hybridized carbons (Fsp3) is 0.185. The Bertz CT molecular complexity index is 1280. The summed E-state index contributed by atoms with van der Waals surface area (Å²) in [4.78, 5) is 15.6. The Kier molecular flexibility index (Phi) is 6.74. The van der Waals surface area contributed by atoms with E-state index >= 15 is 0 Å². The van der Waals surface area contributed by atoms with E-state index in [-0.39, 0.29) is 6.61 Å². The molecule has 168 valence electrons. The molecule has 0 atom stereocenters. The molecule has 3 aromatic carbocycles. The predicted octanol–water partition coefficient (Wildman–Crippen LogP) is 5.47. The standard InChI is InChI=1S/C27H25NO5/c1-18-12-23(31-15-21-8-5-6-19(2)27(21)33-17-26(29)30)14-24(13-18)32-16-22-11-10-20-7-3-4-9-25(20)28-22/h3-14H,15-17H2,1-2H3,(H,29,30). The van der Waals surface area contributed by atoms with Gasteiger partial charge in [-0.25, -0.2) is 9.78 Å². The van der Waals surface area contributed by atoms with Crippen molar-refractivity contribution >= 4 is 16.9 Å². The van der Waals surface area contributed by atoms with Crippen LogP contribution >= 0.6 is 0 Å². The predicted molar refractivity (Wildman–Crippen MR) is 126 cm³/mol. The third-order valence-electron chi connectivity index (χ3n) is 5.09. The van der Waals surface area contributed by atoms with E-state index in [0.29, 0.717) is 23.9 Å². The molecular formula is C27H25NO5. The molecule has 6 heteroatoms. The van der Waals surface area contributed by atoms with E-state index in [0.717, 1.165) is 33.3 Å². The highest BCUT2D eigenvalue weighted by Crippen LogP contribution is 2.28. The van der Waals surface area contributed by atoms with E-state index in [1.807, 2.05) is 86.6 Å². The molecule has 0 aliphatic heterocycles. The summed E-state index contributed by atoms with van der Waals surface area (Å²) in [6, 6.07) is 23.3. The number of carboxylic acid groups (broad SMARTS) is 1. The average Bonchev–Trinajstić information content (AvgIpc) is 2.80. The van der Waals surface area contributed by atoms with Crippen molar-refractivity contribution in [3.8, 4) is 17.2 Å². The number of aryl methyl sites for hydroxylation is 2. The van der Waals surface area contributed by atoms with Gasteiger partial charge >= 0.3 is 5.97 Å². The molecule has 0 amide bonds. The van der Waals surface area contributed by atoms with Crippen LogP contribution in [-0.2, 0) is 18.0 Å². The summed E-state index contributed by atoms with van der Waals surface area (Å²) in [7, 11) is 0. The first-order valence-electron chi connectivity index (χ1n) is 10.6. The second-order valence-corrected chi connectivity index (χ2v) is 7.80. The SMILES string of the molecule is Cc1cc(OCc2ccc3ccccc3n2)cc(OCc2cccc(C)c2OCC(=O)O)c1. The lowest BCUT2D eigenvalue weighted by atomic mass is 10.1. The van der Waals surface area contributed by atoms with Crippen LogP contribution < -0.4 is 14.2 Å². The van der Waals surface area contributed by atoms with Crippen molar-refractivity contribution in [2.45, 2.75) is 27.1 Å². The molecule has 0 aliphatic rings. The minimum absolute atomic E-state index is 0.242. The Morgan fingerprint density at radius 3 is 2.39 bits per heavy atom. The monoisotopic (exact) mass is 443 g/mol. The van der Waals surface area contributed by atoms with E-state index in [1.165, 1.54) is 0 Å². The van der Waals surface area contributed by atoms with E-state index < -0.39 is 12.6 Å². The number of pyridine rings is 1. The molecule has 0 bridgehead atoms. The first-order chi connectivity index (χ1) is 16.0. The lowest BCUT2D eigenvalue weighted by molar-refractivity contribution is -0.139. The van der Waals surface area contributed by atoms with Gasteiger partial charge in [0.2, 0.25) is 0 Å². The third kappa shape index (κ3) is 5.80. The lowest BCUT2D eigenvalue weighted by Crippen LogP contribution is -2.12. The number of ether oxygens (including phenoxy) is 3. The maximum absolute atomic E-state index is 10.9. The molecule has 0 aliphatic carbocycles. The maximum atomic E-state index is 10.9. The topological polar surface area (TPSA) is 77.9 Å². The second-order valence-electron chi connectivity index (χ2n) is 7.80. The number of hydrogen-bond acceptors (Lipinski definition) is 5. The number of carboxylic acids is 1. The van der Waals surface area contributed by atoms with Crippen LogP contribution in [0.15, 0.2) is 72.8 Å². The van der Waals surface area contributed by atoms with E-state index in [1.54, 1.807) is 0 Å². The molecule has 4 rings (SSSR count). The maximum Gasteiger partial charge on any atom is 0.341 e. The number of aliphatic carboxylic acids is 1. The van der Waals surface area contributed by atoms with Crippen molar-refractivity contribution in [3.63, 3.8) is 0 Å². The zero-order valence-electron chi connectivity index (χ0n) is 18.6. The summed E-state index contributed by atoms with van der Waals surface area (Å²) < 4.78 is 17.5. The van der Waals surface area contributed by atoms with Crippen LogP contribution in [0.4, 0.5) is 0 Å². The Balaban J connectivity index is 1.44. The Morgan fingerprint density at radius 1 is 0.848 bits per heavy atom. The molecule has 0 fully saturated rings. The van der Waals surface area contributed by atoms with Crippen molar-refractivity contribution < 1.29 is 24.1 Å². The fourth-order valence-corrected chi connectivity index (χ4v) is 3.55. The highest BCUT2D eigenvalue weighted by atomic mass is 16.5. The molecule has 0 saturated carbocycles. The summed E-state index contributed by atoms with van der Waals surface area (Å²) in [5, 5.41) is 10.0. The molecule has 0 saturated heterocycles. The highest BCUT2D eigenvalue weighted by Gasteiger charge is 2.11. The number of carbonyl (C=O) groups is 1. The van der Waals surface area contributed by atoms with Crippen LogP contribution in [0, 0.1) is 13.8 Å². The summed E-state index contributed by atoms with van der Waals surface area (Å²) in [6.07, 6.45) is 0. The smallest absolute Gasteiger partial charge is 0.341 e. The van der Waals surface area contributed by atoms with Gasteiger partial charge in [0.05, 0.1) is 11.2 Å². The van der Waals surface area contributed by atoms with Crippen LogP contribution in [-0.4, -0.2) is 22.7 Å². The zero-order valence-corrected chi connectivity index (χ0v) is 18.6. The first-order valence-corrected chi connectivity index (χ1v) is 10.6. The molecule has 33 heavy (non-hydrogen) atoms. The first kappa shape index (κ1) is 22.1. The van der Waals surface area contributed by atoms with Gasteiger partial charge in [-0.15, -0.1) is 0 Å². The Morgan fingerprint density at radius 2 is 1.61 bits per heavy atom. The summed E-state index contributed by atoms with van der Waals surface area (Å²) in [5.74, 6) is 0.853. The van der Waals surface area contributed by atoms with Gasteiger partial charge < -0.3 is 19.3 Å². The molecular weight excluding hydrogens is 418 g/mol. The lowest BCUT2D eigenvalue weighted by Gasteiger charge is -2.15. The van der Waals surface area contributed by atoms with Crippen LogP contribution in [0.3, 0.4) is 0 Å². The molecule has 1 N–H and O–H groups in total. The van der Waals surface area contributed by atoms with E-state index in [9.17, 15) is 4.79 Å². The van der Waals surface area contributed by atoms with Crippen LogP contribution in [0.1, 0.15) is 22.4 Å². The minimum atomic E-state index is -1.02. The molecule has 1 heterocycles. The minimum Gasteiger partial charge on any atom is -0.489 e. The van der Waals surface area contributed by atoms with Crippen molar-refractivity contribution in [1.29, 1.82) is 0 Å². The molecule has 0 unspecified atom stereocenters. The molecule has 6 nitrogen and oxygen atoms in total. The van der Waals surface area contributed by atoms with Gasteiger partial charge in [0, 0.05) is 17.0 Å². The van der Waals surface area contributed by atoms with Gasteiger partial charge in [-0.2, -0.15) is 0 Å². The Hall–Kier alpha value is -4.06. The van der Waals surface area contributed by atoms with Gasteiger partial charge in [0.1, 0.15) is 30.5 Å². The third-order valence-corrected chi connectivity index (χ3v) is 5.09.